The van der Waals surface area contributed by atoms with Gasteiger partial charge in [0, 0.05) is 11.5 Å². The number of esters is 1. The zero-order chi connectivity index (χ0) is 19.3. The number of aryl methyl sites for hydroxylation is 1. The Labute approximate surface area is 157 Å². The van der Waals surface area contributed by atoms with Gasteiger partial charge in [0.25, 0.3) is 0 Å². The molecule has 142 valence electrons. The number of carbonyl (C=O) groups is 1. The predicted molar refractivity (Wildman–Crippen MR) is 106 cm³/mol. The van der Waals surface area contributed by atoms with Gasteiger partial charge in [-0.3, -0.25) is 4.79 Å². The largest absolute Gasteiger partial charge is 0.407 e. The molecule has 1 aromatic carbocycles. The van der Waals surface area contributed by atoms with Crippen LogP contribution in [-0.4, -0.2) is 15.7 Å². The molecule has 0 aliphatic rings. The minimum Gasteiger partial charge on any atom is -0.407 e. The smallest absolute Gasteiger partial charge is 0.315 e. The summed E-state index contributed by atoms with van der Waals surface area (Å²) in [5, 5.41) is 4.72. The molecule has 1 aromatic heterocycles. The van der Waals surface area contributed by atoms with E-state index in [1.165, 1.54) is 5.56 Å². The van der Waals surface area contributed by atoms with Gasteiger partial charge < -0.3 is 4.74 Å². The van der Waals surface area contributed by atoms with E-state index in [4.69, 9.17) is 9.84 Å². The van der Waals surface area contributed by atoms with Crippen molar-refractivity contribution in [2.24, 2.45) is 5.92 Å². The highest BCUT2D eigenvalue weighted by Gasteiger charge is 2.25. The van der Waals surface area contributed by atoms with Crippen LogP contribution in [0.15, 0.2) is 30.3 Å². The molecule has 4 nitrogen and oxygen atoms in total. The van der Waals surface area contributed by atoms with Gasteiger partial charge in [-0.05, 0) is 31.9 Å². The normalized spacial score (nSPS) is 12.8. The summed E-state index contributed by atoms with van der Waals surface area (Å²) in [5.74, 6) is 0.280. The molecule has 26 heavy (non-hydrogen) atoms. The molecular formula is C22H32N2O2. The van der Waals surface area contributed by atoms with E-state index in [2.05, 4.69) is 27.7 Å². The Morgan fingerprint density at radius 1 is 1.19 bits per heavy atom. The third kappa shape index (κ3) is 4.96. The van der Waals surface area contributed by atoms with Gasteiger partial charge in [0.2, 0.25) is 5.88 Å². The van der Waals surface area contributed by atoms with E-state index in [1.807, 2.05) is 44.2 Å². The average Bonchev–Trinajstić information content (AvgIpc) is 3.00. The summed E-state index contributed by atoms with van der Waals surface area (Å²) < 4.78 is 7.56. The van der Waals surface area contributed by atoms with Crippen molar-refractivity contribution in [3.05, 3.63) is 41.6 Å². The van der Waals surface area contributed by atoms with Gasteiger partial charge in [-0.2, -0.15) is 5.10 Å². The lowest BCUT2D eigenvalue weighted by Gasteiger charge is -2.14. The first kappa shape index (κ1) is 20.2. The van der Waals surface area contributed by atoms with Gasteiger partial charge in [-0.15, -0.1) is 0 Å². The van der Waals surface area contributed by atoms with Crippen LogP contribution in [-0.2, 0) is 10.2 Å². The maximum Gasteiger partial charge on any atom is 0.315 e. The molecule has 1 heterocycles. The Balaban J connectivity index is 2.35. The number of rotatable bonds is 7. The molecule has 0 bridgehead atoms. The minimum atomic E-state index is -0.158. The minimum absolute atomic E-state index is 0.0607. The Hall–Kier alpha value is -2.10. The Bertz CT molecular complexity index is 724. The molecule has 0 saturated carbocycles. The van der Waals surface area contributed by atoms with Crippen LogP contribution >= 0.6 is 0 Å². The van der Waals surface area contributed by atoms with Gasteiger partial charge >= 0.3 is 5.97 Å². The number of hydrogen-bond donors (Lipinski definition) is 0. The highest BCUT2D eigenvalue weighted by atomic mass is 16.5. The first-order valence-corrected chi connectivity index (χ1v) is 9.65. The topological polar surface area (TPSA) is 44.1 Å². The zero-order valence-electron chi connectivity index (χ0n) is 17.0. The molecule has 0 aliphatic carbocycles. The Morgan fingerprint density at radius 2 is 1.85 bits per heavy atom. The lowest BCUT2D eigenvalue weighted by molar-refractivity contribution is -0.139. The van der Waals surface area contributed by atoms with Crippen LogP contribution in [0.2, 0.25) is 0 Å². The van der Waals surface area contributed by atoms with E-state index < -0.39 is 0 Å². The number of unbranched alkanes of at least 4 members (excludes halogenated alkanes) is 1. The van der Waals surface area contributed by atoms with E-state index in [0.717, 1.165) is 37.1 Å². The van der Waals surface area contributed by atoms with Gasteiger partial charge in [0.05, 0.1) is 17.3 Å². The average molecular weight is 357 g/mol. The molecule has 2 rings (SSSR count). The van der Waals surface area contributed by atoms with E-state index in [1.54, 1.807) is 4.68 Å². The fourth-order valence-electron chi connectivity index (χ4n) is 2.80. The standard InChI is InChI=1S/C22H32N2O2/c1-7-9-10-17(8-2)21(25)26-20-15-19(22(4,5)6)23-24(20)18-13-11-16(3)12-14-18/h11-15,17H,7-10H2,1-6H3. The zero-order valence-corrected chi connectivity index (χ0v) is 17.0. The number of aromatic nitrogens is 2. The van der Waals surface area contributed by atoms with Crippen LogP contribution in [0.25, 0.3) is 5.69 Å². The Morgan fingerprint density at radius 3 is 2.38 bits per heavy atom. The van der Waals surface area contributed by atoms with Crippen molar-refractivity contribution < 1.29 is 9.53 Å². The monoisotopic (exact) mass is 356 g/mol. The Kier molecular flexibility index (Phi) is 6.63. The molecule has 0 spiro atoms. The van der Waals surface area contributed by atoms with Crippen LogP contribution in [0.1, 0.15) is 71.6 Å². The molecule has 1 atom stereocenters. The second-order valence-electron chi connectivity index (χ2n) is 8.03. The fraction of sp³-hybridized carbons (Fsp3) is 0.545. The van der Waals surface area contributed by atoms with Crippen molar-refractivity contribution >= 4 is 5.97 Å². The highest BCUT2D eigenvalue weighted by molar-refractivity contribution is 5.74. The predicted octanol–water partition coefficient (Wildman–Crippen LogP) is 5.60. The number of benzene rings is 1. The first-order chi connectivity index (χ1) is 12.3. The van der Waals surface area contributed by atoms with Crippen LogP contribution < -0.4 is 4.74 Å². The van der Waals surface area contributed by atoms with Crippen molar-refractivity contribution in [1.82, 2.24) is 9.78 Å². The summed E-state index contributed by atoms with van der Waals surface area (Å²) in [5.41, 5.74) is 2.86. The summed E-state index contributed by atoms with van der Waals surface area (Å²) in [7, 11) is 0. The van der Waals surface area contributed by atoms with Gasteiger partial charge in [-0.1, -0.05) is 65.2 Å². The quantitative estimate of drug-likeness (QED) is 0.607. The SMILES string of the molecule is CCCCC(CC)C(=O)Oc1cc(C(C)(C)C)nn1-c1ccc(C)cc1. The highest BCUT2D eigenvalue weighted by Crippen LogP contribution is 2.28. The van der Waals surface area contributed by atoms with Crippen molar-refractivity contribution in [3.8, 4) is 11.6 Å². The van der Waals surface area contributed by atoms with Crippen LogP contribution in [0.5, 0.6) is 5.88 Å². The van der Waals surface area contributed by atoms with Crippen molar-refractivity contribution in [1.29, 1.82) is 0 Å². The van der Waals surface area contributed by atoms with Gasteiger partial charge in [0.15, 0.2) is 0 Å². The fourth-order valence-corrected chi connectivity index (χ4v) is 2.80. The second kappa shape index (κ2) is 8.52. The number of ether oxygens (including phenoxy) is 1. The van der Waals surface area contributed by atoms with Crippen molar-refractivity contribution in [2.75, 3.05) is 0 Å². The maximum absolute atomic E-state index is 12.7. The molecule has 0 saturated heterocycles. The number of hydrogen-bond acceptors (Lipinski definition) is 3. The van der Waals surface area contributed by atoms with Crippen LogP contribution in [0.4, 0.5) is 0 Å². The van der Waals surface area contributed by atoms with Crippen molar-refractivity contribution in [3.63, 3.8) is 0 Å². The summed E-state index contributed by atoms with van der Waals surface area (Å²) in [4.78, 5) is 12.7. The second-order valence-corrected chi connectivity index (χ2v) is 8.03. The molecule has 0 radical (unpaired) electrons. The number of nitrogens with zero attached hydrogens (tertiary/aromatic N) is 2. The first-order valence-electron chi connectivity index (χ1n) is 9.65. The third-order valence-corrected chi connectivity index (χ3v) is 4.66. The lowest BCUT2D eigenvalue weighted by Crippen LogP contribution is -2.21. The summed E-state index contributed by atoms with van der Waals surface area (Å²) in [6.45, 7) is 12.6. The molecule has 4 heteroatoms. The van der Waals surface area contributed by atoms with Crippen LogP contribution in [0.3, 0.4) is 0 Å². The van der Waals surface area contributed by atoms with Gasteiger partial charge in [-0.25, -0.2) is 4.68 Å². The molecule has 1 unspecified atom stereocenters. The summed E-state index contributed by atoms with van der Waals surface area (Å²) >= 11 is 0. The van der Waals surface area contributed by atoms with Crippen LogP contribution in [0, 0.1) is 12.8 Å². The molecule has 0 N–H and O–H groups in total. The molecular weight excluding hydrogens is 324 g/mol. The third-order valence-electron chi connectivity index (χ3n) is 4.66. The maximum atomic E-state index is 12.7. The van der Waals surface area contributed by atoms with Crippen molar-refractivity contribution in [2.45, 2.75) is 72.6 Å². The van der Waals surface area contributed by atoms with E-state index in [9.17, 15) is 4.79 Å². The summed E-state index contributed by atoms with van der Waals surface area (Å²) in [6.07, 6.45) is 3.79. The lowest BCUT2D eigenvalue weighted by atomic mass is 9.93. The summed E-state index contributed by atoms with van der Waals surface area (Å²) in [6, 6.07) is 9.97. The number of carbonyl (C=O) groups excluding carboxylic acids is 1. The molecule has 0 fully saturated rings. The molecule has 2 aromatic rings. The van der Waals surface area contributed by atoms with E-state index in [0.29, 0.717) is 5.88 Å². The molecule has 0 aliphatic heterocycles. The van der Waals surface area contributed by atoms with E-state index >= 15 is 0 Å². The van der Waals surface area contributed by atoms with E-state index in [-0.39, 0.29) is 17.3 Å². The molecule has 0 amide bonds. The van der Waals surface area contributed by atoms with Gasteiger partial charge in [0.1, 0.15) is 0 Å².